The summed E-state index contributed by atoms with van der Waals surface area (Å²) in [4.78, 5) is 10.5. The largest absolute Gasteiger partial charge is 0.494 e. The SMILES string of the molecule is COc1ccc(Cl)cc1-n1cc(CCC(=O)O)nn1. The molecule has 2 rings (SSSR count). The maximum Gasteiger partial charge on any atom is 0.303 e. The van der Waals surface area contributed by atoms with E-state index in [-0.39, 0.29) is 6.42 Å². The summed E-state index contributed by atoms with van der Waals surface area (Å²) in [5.74, 6) is -0.256. The Morgan fingerprint density at radius 3 is 3.00 bits per heavy atom. The zero-order valence-electron chi connectivity index (χ0n) is 10.2. The number of halogens is 1. The normalized spacial score (nSPS) is 10.4. The lowest BCUT2D eigenvalue weighted by atomic mass is 10.2. The highest BCUT2D eigenvalue weighted by molar-refractivity contribution is 6.30. The Morgan fingerprint density at radius 1 is 1.53 bits per heavy atom. The van der Waals surface area contributed by atoms with Gasteiger partial charge in [-0.3, -0.25) is 4.79 Å². The third-order valence-corrected chi connectivity index (χ3v) is 2.76. The molecule has 19 heavy (non-hydrogen) atoms. The van der Waals surface area contributed by atoms with Gasteiger partial charge in [-0.05, 0) is 18.2 Å². The highest BCUT2D eigenvalue weighted by atomic mass is 35.5. The summed E-state index contributed by atoms with van der Waals surface area (Å²) in [7, 11) is 1.55. The Kier molecular flexibility index (Phi) is 4.01. The monoisotopic (exact) mass is 281 g/mol. The summed E-state index contributed by atoms with van der Waals surface area (Å²) in [6.07, 6.45) is 2.01. The van der Waals surface area contributed by atoms with Crippen molar-refractivity contribution in [3.8, 4) is 11.4 Å². The number of hydrogen-bond donors (Lipinski definition) is 1. The van der Waals surface area contributed by atoms with Gasteiger partial charge in [0.05, 0.1) is 25.4 Å². The number of hydrogen-bond acceptors (Lipinski definition) is 4. The van der Waals surface area contributed by atoms with Crippen molar-refractivity contribution >= 4 is 17.6 Å². The number of aliphatic carboxylic acids is 1. The lowest BCUT2D eigenvalue weighted by molar-refractivity contribution is -0.136. The molecular formula is C12H12ClN3O3. The number of carbonyl (C=O) groups is 1. The quantitative estimate of drug-likeness (QED) is 0.906. The van der Waals surface area contributed by atoms with E-state index >= 15 is 0 Å². The average molecular weight is 282 g/mol. The fourth-order valence-electron chi connectivity index (χ4n) is 1.61. The molecular weight excluding hydrogens is 270 g/mol. The molecule has 2 aromatic rings. The maximum atomic E-state index is 10.5. The fraction of sp³-hybridized carbons (Fsp3) is 0.250. The summed E-state index contributed by atoms with van der Waals surface area (Å²) in [5.41, 5.74) is 1.26. The average Bonchev–Trinajstić information content (AvgIpc) is 2.85. The van der Waals surface area contributed by atoms with Gasteiger partial charge in [0, 0.05) is 11.4 Å². The van der Waals surface area contributed by atoms with E-state index in [9.17, 15) is 4.79 Å². The third kappa shape index (κ3) is 3.23. The third-order valence-electron chi connectivity index (χ3n) is 2.52. The Morgan fingerprint density at radius 2 is 2.32 bits per heavy atom. The van der Waals surface area contributed by atoms with Crippen LogP contribution in [0.25, 0.3) is 5.69 Å². The topological polar surface area (TPSA) is 77.2 Å². The molecule has 0 amide bonds. The van der Waals surface area contributed by atoms with Crippen LogP contribution in [0, 0.1) is 0 Å². The fourth-order valence-corrected chi connectivity index (χ4v) is 1.77. The summed E-state index contributed by atoms with van der Waals surface area (Å²) >= 11 is 5.94. The Bertz CT molecular complexity index is 598. The van der Waals surface area contributed by atoms with Crippen LogP contribution in [0.4, 0.5) is 0 Å². The zero-order chi connectivity index (χ0) is 13.8. The van der Waals surface area contributed by atoms with Crippen molar-refractivity contribution in [2.24, 2.45) is 0 Å². The lowest BCUT2D eigenvalue weighted by Gasteiger charge is -2.07. The number of carboxylic acids is 1. The van der Waals surface area contributed by atoms with E-state index in [4.69, 9.17) is 21.4 Å². The molecule has 7 heteroatoms. The van der Waals surface area contributed by atoms with Crippen molar-refractivity contribution in [3.05, 3.63) is 35.1 Å². The molecule has 0 radical (unpaired) electrons. The van der Waals surface area contributed by atoms with E-state index in [1.54, 1.807) is 31.5 Å². The summed E-state index contributed by atoms with van der Waals surface area (Å²) in [6, 6.07) is 5.15. The van der Waals surface area contributed by atoms with Gasteiger partial charge in [0.2, 0.25) is 0 Å². The van der Waals surface area contributed by atoms with Crippen molar-refractivity contribution in [3.63, 3.8) is 0 Å². The number of benzene rings is 1. The van der Waals surface area contributed by atoms with Gasteiger partial charge in [-0.2, -0.15) is 0 Å². The van der Waals surface area contributed by atoms with Crippen LogP contribution in [0.1, 0.15) is 12.1 Å². The molecule has 1 aromatic heterocycles. The lowest BCUT2D eigenvalue weighted by Crippen LogP contribution is -1.99. The highest BCUT2D eigenvalue weighted by Crippen LogP contribution is 2.25. The second-order valence-electron chi connectivity index (χ2n) is 3.86. The van der Waals surface area contributed by atoms with Crippen molar-refractivity contribution in [2.75, 3.05) is 7.11 Å². The first-order valence-corrected chi connectivity index (χ1v) is 5.95. The molecule has 0 unspecified atom stereocenters. The van der Waals surface area contributed by atoms with Gasteiger partial charge in [-0.25, -0.2) is 4.68 Å². The Labute approximate surface area is 114 Å². The number of ether oxygens (including phenoxy) is 1. The first kappa shape index (κ1) is 13.4. The molecule has 0 aliphatic rings. The number of rotatable bonds is 5. The van der Waals surface area contributed by atoms with Gasteiger partial charge < -0.3 is 9.84 Å². The van der Waals surface area contributed by atoms with Crippen LogP contribution < -0.4 is 4.74 Å². The van der Waals surface area contributed by atoms with Crippen LogP contribution in [-0.4, -0.2) is 33.2 Å². The van der Waals surface area contributed by atoms with Gasteiger partial charge in [-0.15, -0.1) is 5.10 Å². The number of aryl methyl sites for hydroxylation is 1. The van der Waals surface area contributed by atoms with E-state index in [0.29, 0.717) is 28.6 Å². The predicted molar refractivity (Wildman–Crippen MR) is 68.9 cm³/mol. The predicted octanol–water partition coefficient (Wildman–Crippen LogP) is 1.95. The zero-order valence-corrected chi connectivity index (χ0v) is 11.0. The number of methoxy groups -OCH3 is 1. The minimum absolute atomic E-state index is 0.0192. The van der Waals surface area contributed by atoms with E-state index in [0.717, 1.165) is 0 Å². The molecule has 0 aliphatic carbocycles. The molecule has 0 spiro atoms. The van der Waals surface area contributed by atoms with E-state index < -0.39 is 5.97 Å². The maximum absolute atomic E-state index is 10.5. The number of carboxylic acid groups (broad SMARTS) is 1. The molecule has 0 aliphatic heterocycles. The summed E-state index contributed by atoms with van der Waals surface area (Å²) in [6.45, 7) is 0. The van der Waals surface area contributed by atoms with Gasteiger partial charge in [0.15, 0.2) is 0 Å². The van der Waals surface area contributed by atoms with Gasteiger partial charge in [-0.1, -0.05) is 16.8 Å². The first-order chi connectivity index (χ1) is 9.10. The van der Waals surface area contributed by atoms with Gasteiger partial charge in [0.1, 0.15) is 11.4 Å². The van der Waals surface area contributed by atoms with Crippen molar-refractivity contribution in [1.29, 1.82) is 0 Å². The minimum atomic E-state index is -0.866. The van der Waals surface area contributed by atoms with Crippen molar-refractivity contribution < 1.29 is 14.6 Å². The van der Waals surface area contributed by atoms with E-state index in [1.165, 1.54) is 4.68 Å². The molecule has 1 N–H and O–H groups in total. The Hall–Kier alpha value is -2.08. The summed E-state index contributed by atoms with van der Waals surface area (Å²) in [5, 5.41) is 17.0. The van der Waals surface area contributed by atoms with Crippen LogP contribution in [0.3, 0.4) is 0 Å². The molecule has 1 aromatic carbocycles. The minimum Gasteiger partial charge on any atom is -0.494 e. The van der Waals surface area contributed by atoms with Crippen molar-refractivity contribution in [2.45, 2.75) is 12.8 Å². The molecule has 0 saturated heterocycles. The van der Waals surface area contributed by atoms with Crippen LogP contribution in [0.5, 0.6) is 5.75 Å². The number of aromatic nitrogens is 3. The molecule has 0 bridgehead atoms. The van der Waals surface area contributed by atoms with Gasteiger partial charge >= 0.3 is 5.97 Å². The molecule has 0 saturated carbocycles. The van der Waals surface area contributed by atoms with E-state index in [2.05, 4.69) is 10.3 Å². The van der Waals surface area contributed by atoms with E-state index in [1.807, 2.05) is 0 Å². The molecule has 0 fully saturated rings. The highest BCUT2D eigenvalue weighted by Gasteiger charge is 2.10. The standard InChI is InChI=1S/C12H12ClN3O3/c1-19-11-4-2-8(13)6-10(11)16-7-9(14-15-16)3-5-12(17)18/h2,4,6-7H,3,5H2,1H3,(H,17,18). The molecule has 6 nitrogen and oxygen atoms in total. The summed E-state index contributed by atoms with van der Waals surface area (Å²) < 4.78 is 6.74. The van der Waals surface area contributed by atoms with Crippen LogP contribution in [-0.2, 0) is 11.2 Å². The molecule has 100 valence electrons. The molecule has 0 atom stereocenters. The van der Waals surface area contributed by atoms with Crippen LogP contribution in [0.2, 0.25) is 5.02 Å². The second kappa shape index (κ2) is 5.71. The van der Waals surface area contributed by atoms with Crippen LogP contribution >= 0.6 is 11.6 Å². The van der Waals surface area contributed by atoms with Crippen molar-refractivity contribution in [1.82, 2.24) is 15.0 Å². The number of nitrogens with zero attached hydrogens (tertiary/aromatic N) is 3. The second-order valence-corrected chi connectivity index (χ2v) is 4.30. The Balaban J connectivity index is 2.27. The van der Waals surface area contributed by atoms with Crippen LogP contribution in [0.15, 0.2) is 24.4 Å². The molecule has 1 heterocycles. The van der Waals surface area contributed by atoms with Gasteiger partial charge in [0.25, 0.3) is 0 Å². The first-order valence-electron chi connectivity index (χ1n) is 5.57. The smallest absolute Gasteiger partial charge is 0.303 e.